The smallest absolute Gasteiger partial charge is 0.225 e. The van der Waals surface area contributed by atoms with Gasteiger partial charge in [0.25, 0.3) is 0 Å². The van der Waals surface area contributed by atoms with Gasteiger partial charge in [-0.2, -0.15) is 4.98 Å². The maximum atomic E-state index is 13.9. The van der Waals surface area contributed by atoms with Crippen molar-refractivity contribution < 1.29 is 4.39 Å². The molecule has 0 aliphatic carbocycles. The molecule has 0 amide bonds. The van der Waals surface area contributed by atoms with E-state index in [0.29, 0.717) is 11.5 Å². The van der Waals surface area contributed by atoms with E-state index in [-0.39, 0.29) is 11.1 Å². The summed E-state index contributed by atoms with van der Waals surface area (Å²) in [5.74, 6) is 0.305. The number of anilines is 2. The Morgan fingerprint density at radius 2 is 2.00 bits per heavy atom. The van der Waals surface area contributed by atoms with Gasteiger partial charge in [-0.15, -0.1) is 11.3 Å². The third-order valence-corrected chi connectivity index (χ3v) is 4.11. The van der Waals surface area contributed by atoms with Crippen LogP contribution in [0.4, 0.5) is 15.9 Å². The van der Waals surface area contributed by atoms with Crippen molar-refractivity contribution in [3.63, 3.8) is 0 Å². The number of benzene rings is 1. The molecular formula is C14H11ClFN3S. The Labute approximate surface area is 124 Å². The van der Waals surface area contributed by atoms with Gasteiger partial charge >= 0.3 is 0 Å². The Morgan fingerprint density at radius 1 is 1.25 bits per heavy atom. The van der Waals surface area contributed by atoms with Crippen LogP contribution in [0.3, 0.4) is 0 Å². The quantitative estimate of drug-likeness (QED) is 0.650. The van der Waals surface area contributed by atoms with E-state index in [1.165, 1.54) is 6.07 Å². The lowest BCUT2D eigenvalue weighted by Gasteiger charge is -2.19. The van der Waals surface area contributed by atoms with E-state index < -0.39 is 0 Å². The number of halogens is 2. The summed E-state index contributed by atoms with van der Waals surface area (Å²) >= 11 is 7.51. The fourth-order valence-corrected chi connectivity index (χ4v) is 3.18. The van der Waals surface area contributed by atoms with Gasteiger partial charge in [0.05, 0.1) is 11.1 Å². The lowest BCUT2D eigenvalue weighted by Crippen LogP contribution is -2.13. The average molecular weight is 308 g/mol. The summed E-state index contributed by atoms with van der Waals surface area (Å²) in [7, 11) is 1.77. The SMILES string of the molecule is Cc1cc2c(N(C)c3ccccc3F)nc(Cl)nc2s1. The first kappa shape index (κ1) is 13.3. The third-order valence-electron chi connectivity index (χ3n) is 3.00. The maximum absolute atomic E-state index is 13.9. The molecule has 2 heterocycles. The second-order valence-corrected chi connectivity index (χ2v) is 5.98. The monoisotopic (exact) mass is 307 g/mol. The number of fused-ring (bicyclic) bond motifs is 1. The molecule has 1 aromatic carbocycles. The minimum Gasteiger partial charge on any atom is -0.326 e. The Hall–Kier alpha value is -1.72. The summed E-state index contributed by atoms with van der Waals surface area (Å²) in [6.45, 7) is 1.99. The molecule has 102 valence electrons. The second-order valence-electron chi connectivity index (χ2n) is 4.40. The summed E-state index contributed by atoms with van der Waals surface area (Å²) in [5.41, 5.74) is 0.451. The van der Waals surface area contributed by atoms with Gasteiger partial charge in [-0.1, -0.05) is 12.1 Å². The van der Waals surface area contributed by atoms with Crippen molar-refractivity contribution in [3.05, 3.63) is 46.3 Å². The Bertz CT molecular complexity index is 787. The summed E-state index contributed by atoms with van der Waals surface area (Å²) < 4.78 is 13.9. The van der Waals surface area contributed by atoms with Crippen molar-refractivity contribution in [1.29, 1.82) is 0 Å². The molecule has 0 aliphatic rings. The fourth-order valence-electron chi connectivity index (χ4n) is 2.10. The van der Waals surface area contributed by atoms with Gasteiger partial charge in [-0.05, 0) is 36.7 Å². The van der Waals surface area contributed by atoms with Crippen LogP contribution in [0.15, 0.2) is 30.3 Å². The molecule has 2 aromatic heterocycles. The number of thiophene rings is 1. The predicted molar refractivity (Wildman–Crippen MR) is 81.6 cm³/mol. The summed E-state index contributed by atoms with van der Waals surface area (Å²) in [6.07, 6.45) is 0. The van der Waals surface area contributed by atoms with Crippen molar-refractivity contribution in [2.24, 2.45) is 0 Å². The minimum atomic E-state index is -0.301. The normalized spacial score (nSPS) is 11.0. The third kappa shape index (κ3) is 2.23. The standard InChI is InChI=1S/C14H11ClFN3S/c1-8-7-9-12(17-14(15)18-13(9)20-8)19(2)11-6-4-3-5-10(11)16/h3-7H,1-2H3. The van der Waals surface area contributed by atoms with Gasteiger partial charge in [-0.3, -0.25) is 0 Å². The first-order valence-electron chi connectivity index (χ1n) is 5.98. The molecule has 0 bridgehead atoms. The highest BCUT2D eigenvalue weighted by atomic mass is 35.5. The molecule has 0 fully saturated rings. The largest absolute Gasteiger partial charge is 0.326 e. The molecule has 0 saturated heterocycles. The molecule has 20 heavy (non-hydrogen) atoms. The minimum absolute atomic E-state index is 0.164. The first-order valence-corrected chi connectivity index (χ1v) is 7.17. The number of hydrogen-bond acceptors (Lipinski definition) is 4. The van der Waals surface area contributed by atoms with Crippen LogP contribution in [-0.4, -0.2) is 17.0 Å². The zero-order valence-electron chi connectivity index (χ0n) is 10.9. The van der Waals surface area contributed by atoms with Crippen LogP contribution in [-0.2, 0) is 0 Å². The number of aromatic nitrogens is 2. The molecular weight excluding hydrogens is 297 g/mol. The number of rotatable bonds is 2. The molecule has 6 heteroatoms. The molecule has 3 aromatic rings. The van der Waals surface area contributed by atoms with Gasteiger partial charge in [0.2, 0.25) is 5.28 Å². The van der Waals surface area contributed by atoms with Gasteiger partial charge in [0.15, 0.2) is 0 Å². The van der Waals surface area contributed by atoms with Crippen LogP contribution < -0.4 is 4.90 Å². The van der Waals surface area contributed by atoms with E-state index in [2.05, 4.69) is 9.97 Å². The van der Waals surface area contributed by atoms with E-state index in [9.17, 15) is 4.39 Å². The number of para-hydroxylation sites is 1. The van der Waals surface area contributed by atoms with E-state index >= 15 is 0 Å². The molecule has 0 aliphatic heterocycles. The Kier molecular flexibility index (Phi) is 3.31. The van der Waals surface area contributed by atoms with Crippen molar-refractivity contribution in [1.82, 2.24) is 9.97 Å². The molecule has 0 radical (unpaired) electrons. The molecule has 0 saturated carbocycles. The van der Waals surface area contributed by atoms with Crippen LogP contribution in [0.5, 0.6) is 0 Å². The Morgan fingerprint density at radius 3 is 2.75 bits per heavy atom. The van der Waals surface area contributed by atoms with E-state index in [1.54, 1.807) is 41.5 Å². The lowest BCUT2D eigenvalue weighted by molar-refractivity contribution is 0.627. The second kappa shape index (κ2) is 5.00. The zero-order chi connectivity index (χ0) is 14.3. The highest BCUT2D eigenvalue weighted by molar-refractivity contribution is 7.18. The highest BCUT2D eigenvalue weighted by Crippen LogP contribution is 2.34. The van der Waals surface area contributed by atoms with Crippen molar-refractivity contribution >= 4 is 44.7 Å². The van der Waals surface area contributed by atoms with E-state index in [0.717, 1.165) is 15.1 Å². The van der Waals surface area contributed by atoms with Crippen molar-refractivity contribution in [3.8, 4) is 0 Å². The van der Waals surface area contributed by atoms with Gasteiger partial charge in [-0.25, -0.2) is 9.37 Å². The molecule has 0 spiro atoms. The van der Waals surface area contributed by atoms with E-state index in [1.807, 2.05) is 13.0 Å². The number of aryl methyl sites for hydroxylation is 1. The van der Waals surface area contributed by atoms with Crippen LogP contribution >= 0.6 is 22.9 Å². The average Bonchev–Trinajstić information content (AvgIpc) is 2.77. The zero-order valence-corrected chi connectivity index (χ0v) is 12.5. The van der Waals surface area contributed by atoms with Crippen molar-refractivity contribution in [2.45, 2.75) is 6.92 Å². The highest BCUT2D eigenvalue weighted by Gasteiger charge is 2.16. The molecule has 0 atom stereocenters. The summed E-state index contributed by atoms with van der Waals surface area (Å²) in [6, 6.07) is 8.56. The van der Waals surface area contributed by atoms with E-state index in [4.69, 9.17) is 11.6 Å². The topological polar surface area (TPSA) is 29.0 Å². The number of hydrogen-bond donors (Lipinski definition) is 0. The molecule has 3 rings (SSSR count). The van der Waals surface area contributed by atoms with Crippen molar-refractivity contribution in [2.75, 3.05) is 11.9 Å². The molecule has 0 N–H and O–H groups in total. The predicted octanol–water partition coefficient (Wildman–Crippen LogP) is 4.56. The van der Waals surface area contributed by atoms with Crippen LogP contribution in [0.25, 0.3) is 10.2 Å². The van der Waals surface area contributed by atoms with Crippen LogP contribution in [0.2, 0.25) is 5.28 Å². The fraction of sp³-hybridized carbons (Fsp3) is 0.143. The van der Waals surface area contributed by atoms with Gasteiger partial charge in [0, 0.05) is 11.9 Å². The number of nitrogens with zero attached hydrogens (tertiary/aromatic N) is 3. The lowest BCUT2D eigenvalue weighted by atomic mass is 10.2. The van der Waals surface area contributed by atoms with Crippen LogP contribution in [0.1, 0.15) is 4.88 Å². The van der Waals surface area contributed by atoms with Gasteiger partial charge in [0.1, 0.15) is 16.5 Å². The summed E-state index contributed by atoms with van der Waals surface area (Å²) in [4.78, 5) is 12.1. The van der Waals surface area contributed by atoms with Crippen LogP contribution in [0, 0.1) is 12.7 Å². The Balaban J connectivity index is 2.21. The first-order chi connectivity index (χ1) is 9.56. The maximum Gasteiger partial charge on any atom is 0.225 e. The molecule has 3 nitrogen and oxygen atoms in total. The molecule has 0 unspecified atom stereocenters. The summed E-state index contributed by atoms with van der Waals surface area (Å²) in [5, 5.41) is 1.04. The van der Waals surface area contributed by atoms with Gasteiger partial charge < -0.3 is 4.90 Å².